The molecule has 0 fully saturated rings. The summed E-state index contributed by atoms with van der Waals surface area (Å²) in [5.41, 5.74) is 3.85. The van der Waals surface area contributed by atoms with Crippen LogP contribution in [0.15, 0.2) is 36.4 Å². The molecule has 124 valence electrons. The predicted octanol–water partition coefficient (Wildman–Crippen LogP) is 3.35. The van der Waals surface area contributed by atoms with Crippen molar-refractivity contribution in [1.29, 1.82) is 0 Å². The molecule has 2 rings (SSSR count). The Kier molecular flexibility index (Phi) is 6.00. The van der Waals surface area contributed by atoms with E-state index in [2.05, 4.69) is 0 Å². The van der Waals surface area contributed by atoms with Gasteiger partial charge in [0.25, 0.3) is 0 Å². The van der Waals surface area contributed by atoms with Crippen molar-refractivity contribution in [1.82, 2.24) is 0 Å². The molecule has 0 saturated heterocycles. The van der Waals surface area contributed by atoms with Crippen molar-refractivity contribution in [2.75, 3.05) is 0 Å². The average Bonchev–Trinajstić information content (AvgIpc) is 2.59. The van der Waals surface area contributed by atoms with Crippen LogP contribution in [0.5, 0.6) is 0 Å². The average molecular weight is 426 g/mol. The molecule has 0 atom stereocenters. The van der Waals surface area contributed by atoms with Crippen molar-refractivity contribution in [3.8, 4) is 0 Å². The summed E-state index contributed by atoms with van der Waals surface area (Å²) in [7, 11) is 0. The Hall–Kier alpha value is -1.17. The van der Waals surface area contributed by atoms with Crippen molar-refractivity contribution >= 4 is 25.4 Å². The second-order valence-electron chi connectivity index (χ2n) is 5.73. The maximum atomic E-state index is 13.7. The topological polar surface area (TPSA) is 34.1 Å². The molecule has 0 aliphatic heterocycles. The third kappa shape index (κ3) is 3.37. The van der Waals surface area contributed by atoms with E-state index < -0.39 is 18.1 Å². The van der Waals surface area contributed by atoms with Crippen LogP contribution < -0.4 is 7.22 Å². The number of rotatable bonds is 6. The summed E-state index contributed by atoms with van der Waals surface area (Å²) in [6, 6.07) is 11.8. The van der Waals surface area contributed by atoms with E-state index in [1.807, 2.05) is 64.1 Å². The van der Waals surface area contributed by atoms with Gasteiger partial charge in [-0.3, -0.25) is 0 Å². The van der Waals surface area contributed by atoms with Crippen LogP contribution in [0.2, 0.25) is 0 Å². The van der Waals surface area contributed by atoms with Crippen LogP contribution in [-0.4, -0.2) is 18.1 Å². The molecule has 0 aliphatic rings. The first-order chi connectivity index (χ1) is 11.0. The van der Waals surface area contributed by atoms with Gasteiger partial charge in [0.2, 0.25) is 0 Å². The molecule has 0 amide bonds. The molecule has 0 saturated carbocycles. The minimum absolute atomic E-state index is 0.635. The van der Waals surface area contributed by atoms with Crippen LogP contribution in [0, 0.1) is 0 Å². The van der Waals surface area contributed by atoms with Crippen LogP contribution in [0.3, 0.4) is 0 Å². The van der Waals surface area contributed by atoms with Gasteiger partial charge >= 0.3 is 144 Å². The molecule has 23 heavy (non-hydrogen) atoms. The van der Waals surface area contributed by atoms with Gasteiger partial charge in [0.05, 0.1) is 0 Å². The molecule has 0 N–H and O–H groups in total. The fourth-order valence-electron chi connectivity index (χ4n) is 3.18. The van der Waals surface area contributed by atoms with E-state index in [1.54, 1.807) is 0 Å². The minimum atomic E-state index is -4.87. The number of hydrogen-bond donors (Lipinski definition) is 0. The standard InChI is InChI=1S/C20H26O2Te/c1-5-15-11-9-12-16(6-2)19(15)23(21,22)20-17(7-3)13-10-14-18(20)8-4/h9-14H,5-8H2,1-4H3. The molecule has 0 radical (unpaired) electrons. The van der Waals surface area contributed by atoms with E-state index in [0.717, 1.165) is 47.9 Å². The van der Waals surface area contributed by atoms with E-state index >= 15 is 0 Å². The number of aryl methyl sites for hydroxylation is 4. The zero-order valence-corrected chi connectivity index (χ0v) is 16.8. The molecule has 0 bridgehead atoms. The number of benzene rings is 2. The SMILES string of the molecule is CCc1cccc(CC)c1[Te](=O)(=O)c1c(CC)cccc1CC. The second kappa shape index (κ2) is 7.60. The molecule has 2 nitrogen and oxygen atoms in total. The monoisotopic (exact) mass is 428 g/mol. The van der Waals surface area contributed by atoms with Gasteiger partial charge in [0, 0.05) is 0 Å². The van der Waals surface area contributed by atoms with E-state index in [1.165, 1.54) is 0 Å². The maximum absolute atomic E-state index is 13.7. The first kappa shape index (κ1) is 18.2. The van der Waals surface area contributed by atoms with Crippen molar-refractivity contribution in [2.45, 2.75) is 53.4 Å². The summed E-state index contributed by atoms with van der Waals surface area (Å²) in [6.45, 7) is 8.12. The van der Waals surface area contributed by atoms with Gasteiger partial charge in [-0.1, -0.05) is 0 Å². The summed E-state index contributed by atoms with van der Waals surface area (Å²) < 4.78 is 28.6. The van der Waals surface area contributed by atoms with Gasteiger partial charge in [-0.2, -0.15) is 0 Å². The summed E-state index contributed by atoms with van der Waals surface area (Å²) >= 11 is -4.87. The molecule has 0 aliphatic carbocycles. The van der Waals surface area contributed by atoms with Gasteiger partial charge in [0.15, 0.2) is 0 Å². The zero-order valence-electron chi connectivity index (χ0n) is 14.5. The summed E-state index contributed by atoms with van der Waals surface area (Å²) in [4.78, 5) is 0. The van der Waals surface area contributed by atoms with Crippen molar-refractivity contribution in [2.24, 2.45) is 0 Å². The van der Waals surface area contributed by atoms with Crippen LogP contribution in [-0.2, 0) is 31.9 Å². The first-order valence-corrected chi connectivity index (χ1v) is 12.7. The van der Waals surface area contributed by atoms with Crippen molar-refractivity contribution < 1.29 is 6.21 Å². The Labute approximate surface area is 143 Å². The molecule has 0 spiro atoms. The fourth-order valence-corrected chi connectivity index (χ4v) is 10.1. The second-order valence-corrected chi connectivity index (χ2v) is 10.9. The molecular formula is C20H26O2Te. The van der Waals surface area contributed by atoms with Gasteiger partial charge in [-0.15, -0.1) is 0 Å². The van der Waals surface area contributed by atoms with E-state index in [4.69, 9.17) is 0 Å². The van der Waals surface area contributed by atoms with Gasteiger partial charge in [-0.25, -0.2) is 0 Å². The fraction of sp³-hybridized carbons (Fsp3) is 0.400. The van der Waals surface area contributed by atoms with Gasteiger partial charge in [0.1, 0.15) is 0 Å². The molecule has 0 aromatic heterocycles. The molecule has 0 unspecified atom stereocenters. The Morgan fingerprint density at radius 3 is 1.09 bits per heavy atom. The molecule has 3 heteroatoms. The third-order valence-corrected chi connectivity index (χ3v) is 10.5. The number of hydrogen-bond acceptors (Lipinski definition) is 2. The first-order valence-electron chi connectivity index (χ1n) is 8.47. The quantitative estimate of drug-likeness (QED) is 0.665. The van der Waals surface area contributed by atoms with Crippen LogP contribution >= 0.6 is 0 Å². The Bertz CT molecular complexity index is 683. The Morgan fingerprint density at radius 1 is 0.609 bits per heavy atom. The summed E-state index contributed by atoms with van der Waals surface area (Å²) in [5, 5.41) is 0. The predicted molar refractivity (Wildman–Crippen MR) is 96.8 cm³/mol. The summed E-state index contributed by atoms with van der Waals surface area (Å²) in [6.07, 6.45) is 2.99. The third-order valence-electron chi connectivity index (χ3n) is 4.42. The van der Waals surface area contributed by atoms with Crippen LogP contribution in [0.25, 0.3) is 0 Å². The van der Waals surface area contributed by atoms with Crippen LogP contribution in [0.1, 0.15) is 49.9 Å². The summed E-state index contributed by atoms with van der Waals surface area (Å²) in [5.74, 6) is 0. The van der Waals surface area contributed by atoms with Gasteiger partial charge < -0.3 is 0 Å². The zero-order chi connectivity index (χ0) is 17.0. The Morgan fingerprint density at radius 2 is 0.870 bits per heavy atom. The van der Waals surface area contributed by atoms with Gasteiger partial charge in [-0.05, 0) is 0 Å². The normalized spacial score (nSPS) is 11.7. The molecule has 2 aromatic rings. The van der Waals surface area contributed by atoms with E-state index in [-0.39, 0.29) is 0 Å². The van der Waals surface area contributed by atoms with E-state index in [9.17, 15) is 6.21 Å². The molecule has 0 heterocycles. The van der Waals surface area contributed by atoms with E-state index in [0.29, 0.717) is 7.22 Å². The van der Waals surface area contributed by atoms with Crippen molar-refractivity contribution in [3.63, 3.8) is 0 Å². The van der Waals surface area contributed by atoms with Crippen LogP contribution in [0.4, 0.5) is 0 Å². The Balaban J connectivity index is 2.85. The molecule has 2 aromatic carbocycles. The molecular weight excluding hydrogens is 400 g/mol. The van der Waals surface area contributed by atoms with Crippen molar-refractivity contribution in [3.05, 3.63) is 58.7 Å².